The summed E-state index contributed by atoms with van der Waals surface area (Å²) < 4.78 is 6.01. The molecule has 0 spiro atoms. The molecular formula is C27H27N5O3. The summed E-state index contributed by atoms with van der Waals surface area (Å²) in [6, 6.07) is 21.9. The van der Waals surface area contributed by atoms with Gasteiger partial charge in [0.2, 0.25) is 5.88 Å². The van der Waals surface area contributed by atoms with Gasteiger partial charge in [0.1, 0.15) is 12.1 Å². The standard InChI is InChI=1S/C27H27N5O3/c33-25-9-5-4-8-23(25)30-20-12-15-22-24(16-20)28-17-29-26(22)35-21-13-10-19(11-14-21)32-27(34)31-18-6-2-1-3-7-18/h1-3,6-7,10-17,23,25,30,33H,4-5,8-9H2,(H2,31,32,34)/t23?,25-/m1/s1. The van der Waals surface area contributed by atoms with Crippen LogP contribution in [-0.4, -0.2) is 33.3 Å². The largest absolute Gasteiger partial charge is 0.438 e. The molecule has 8 nitrogen and oxygen atoms in total. The Morgan fingerprint density at radius 2 is 1.57 bits per heavy atom. The molecule has 8 heteroatoms. The van der Waals surface area contributed by atoms with Gasteiger partial charge < -0.3 is 25.8 Å². The molecule has 2 atom stereocenters. The van der Waals surface area contributed by atoms with Crippen LogP contribution in [0.25, 0.3) is 10.9 Å². The van der Waals surface area contributed by atoms with Crippen molar-refractivity contribution < 1.29 is 14.6 Å². The molecule has 1 saturated carbocycles. The number of para-hydroxylation sites is 1. The molecule has 0 radical (unpaired) electrons. The SMILES string of the molecule is O=C(Nc1ccccc1)Nc1ccc(Oc2ncnc3cc(NC4CCCC[C@H]4O)ccc23)cc1. The van der Waals surface area contributed by atoms with E-state index in [1.165, 1.54) is 6.33 Å². The van der Waals surface area contributed by atoms with Gasteiger partial charge in [-0.1, -0.05) is 31.0 Å². The predicted molar refractivity (Wildman–Crippen MR) is 137 cm³/mol. The van der Waals surface area contributed by atoms with E-state index < -0.39 is 0 Å². The van der Waals surface area contributed by atoms with E-state index in [0.717, 1.165) is 42.3 Å². The Bertz CT molecular complexity index is 1300. The van der Waals surface area contributed by atoms with Crippen molar-refractivity contribution in [2.75, 3.05) is 16.0 Å². The number of rotatable bonds is 6. The minimum Gasteiger partial charge on any atom is -0.438 e. The number of aliphatic hydroxyl groups excluding tert-OH is 1. The van der Waals surface area contributed by atoms with Gasteiger partial charge in [-0.3, -0.25) is 0 Å². The van der Waals surface area contributed by atoms with E-state index in [9.17, 15) is 9.90 Å². The number of carbonyl (C=O) groups excluding carboxylic acids is 1. The molecule has 35 heavy (non-hydrogen) atoms. The molecule has 1 unspecified atom stereocenters. The van der Waals surface area contributed by atoms with Gasteiger partial charge >= 0.3 is 6.03 Å². The molecule has 178 valence electrons. The maximum Gasteiger partial charge on any atom is 0.323 e. The molecule has 4 N–H and O–H groups in total. The molecule has 0 aliphatic heterocycles. The summed E-state index contributed by atoms with van der Waals surface area (Å²) in [6.45, 7) is 0. The van der Waals surface area contributed by atoms with E-state index in [2.05, 4.69) is 25.9 Å². The first-order valence-electron chi connectivity index (χ1n) is 11.7. The highest BCUT2D eigenvalue weighted by Crippen LogP contribution is 2.30. The van der Waals surface area contributed by atoms with E-state index in [1.54, 1.807) is 24.3 Å². The van der Waals surface area contributed by atoms with Crippen molar-refractivity contribution in [3.63, 3.8) is 0 Å². The number of carbonyl (C=O) groups is 1. The minimum absolute atomic E-state index is 0.0562. The van der Waals surface area contributed by atoms with Crippen molar-refractivity contribution in [2.45, 2.75) is 37.8 Å². The van der Waals surface area contributed by atoms with E-state index in [0.29, 0.717) is 23.0 Å². The first-order chi connectivity index (χ1) is 17.1. The lowest BCUT2D eigenvalue weighted by Crippen LogP contribution is -2.36. The molecule has 0 saturated heterocycles. The Morgan fingerprint density at radius 3 is 2.34 bits per heavy atom. The van der Waals surface area contributed by atoms with E-state index >= 15 is 0 Å². The fraction of sp³-hybridized carbons (Fsp3) is 0.222. The number of hydrogen-bond donors (Lipinski definition) is 4. The third kappa shape index (κ3) is 5.67. The fourth-order valence-corrected chi connectivity index (χ4v) is 4.23. The van der Waals surface area contributed by atoms with Crippen molar-refractivity contribution in [1.29, 1.82) is 0 Å². The summed E-state index contributed by atoms with van der Waals surface area (Å²) in [5.74, 6) is 1.04. The number of urea groups is 1. The van der Waals surface area contributed by atoms with Crippen molar-refractivity contribution in [2.24, 2.45) is 0 Å². The number of ether oxygens (including phenoxy) is 1. The van der Waals surface area contributed by atoms with Gasteiger partial charge in [0.15, 0.2) is 0 Å². The molecule has 3 aromatic carbocycles. The maximum absolute atomic E-state index is 12.2. The lowest BCUT2D eigenvalue weighted by atomic mass is 9.92. The summed E-state index contributed by atoms with van der Waals surface area (Å²) in [7, 11) is 0. The average molecular weight is 470 g/mol. The Kier molecular flexibility index (Phi) is 6.72. The van der Waals surface area contributed by atoms with E-state index in [4.69, 9.17) is 4.74 Å². The highest BCUT2D eigenvalue weighted by molar-refractivity contribution is 5.99. The first-order valence-corrected chi connectivity index (χ1v) is 11.7. The maximum atomic E-state index is 12.2. The van der Waals surface area contributed by atoms with Gasteiger partial charge in [-0.05, 0) is 67.4 Å². The predicted octanol–water partition coefficient (Wildman–Crippen LogP) is 5.78. The number of nitrogens with one attached hydrogen (secondary N) is 3. The Morgan fingerprint density at radius 1 is 0.857 bits per heavy atom. The Hall–Kier alpha value is -4.17. The molecule has 1 aliphatic rings. The zero-order valence-electron chi connectivity index (χ0n) is 19.1. The van der Waals surface area contributed by atoms with Crippen LogP contribution < -0.4 is 20.7 Å². The van der Waals surface area contributed by atoms with Crippen LogP contribution >= 0.6 is 0 Å². The van der Waals surface area contributed by atoms with Crippen LogP contribution in [0.3, 0.4) is 0 Å². The molecule has 0 bridgehead atoms. The van der Waals surface area contributed by atoms with Crippen molar-refractivity contribution in [3.8, 4) is 11.6 Å². The minimum atomic E-state index is -0.328. The number of aromatic nitrogens is 2. The van der Waals surface area contributed by atoms with Crippen LogP contribution in [0.4, 0.5) is 21.9 Å². The van der Waals surface area contributed by atoms with Gasteiger partial charge in [0, 0.05) is 17.1 Å². The zero-order valence-corrected chi connectivity index (χ0v) is 19.1. The number of aliphatic hydroxyl groups is 1. The molecule has 1 heterocycles. The second-order valence-corrected chi connectivity index (χ2v) is 8.58. The molecular weight excluding hydrogens is 442 g/mol. The molecule has 1 aromatic heterocycles. The number of anilines is 3. The number of benzene rings is 3. The van der Waals surface area contributed by atoms with E-state index in [1.807, 2.05) is 48.5 Å². The third-order valence-electron chi connectivity index (χ3n) is 6.04. The second-order valence-electron chi connectivity index (χ2n) is 8.58. The second kappa shape index (κ2) is 10.4. The highest BCUT2D eigenvalue weighted by Gasteiger charge is 2.22. The fourth-order valence-electron chi connectivity index (χ4n) is 4.23. The molecule has 1 aliphatic carbocycles. The van der Waals surface area contributed by atoms with Crippen LogP contribution in [0, 0.1) is 0 Å². The van der Waals surface area contributed by atoms with Crippen LogP contribution in [0.2, 0.25) is 0 Å². The van der Waals surface area contributed by atoms with Gasteiger partial charge in [-0.25, -0.2) is 14.8 Å². The van der Waals surface area contributed by atoms with Gasteiger partial charge in [0.05, 0.1) is 23.0 Å². The van der Waals surface area contributed by atoms with Crippen LogP contribution in [-0.2, 0) is 0 Å². The number of hydrogen-bond acceptors (Lipinski definition) is 6. The van der Waals surface area contributed by atoms with Crippen LogP contribution in [0.15, 0.2) is 79.1 Å². The smallest absolute Gasteiger partial charge is 0.323 e. The van der Waals surface area contributed by atoms with Crippen molar-refractivity contribution in [1.82, 2.24) is 9.97 Å². The highest BCUT2D eigenvalue weighted by atomic mass is 16.5. The average Bonchev–Trinajstić information content (AvgIpc) is 2.87. The first kappa shape index (κ1) is 22.6. The van der Waals surface area contributed by atoms with Crippen LogP contribution in [0.1, 0.15) is 25.7 Å². The van der Waals surface area contributed by atoms with Crippen molar-refractivity contribution in [3.05, 3.63) is 79.1 Å². The summed E-state index contributed by atoms with van der Waals surface area (Å²) in [5.41, 5.74) is 3.02. The number of amides is 2. The topological polar surface area (TPSA) is 108 Å². The summed E-state index contributed by atoms with van der Waals surface area (Å²) in [5, 5.41) is 20.1. The lowest BCUT2D eigenvalue weighted by molar-refractivity contribution is 0.116. The Labute approximate surface area is 203 Å². The quantitative estimate of drug-likeness (QED) is 0.285. The summed E-state index contributed by atoms with van der Waals surface area (Å²) in [4.78, 5) is 20.9. The monoisotopic (exact) mass is 469 g/mol. The number of nitrogens with zero attached hydrogens (tertiary/aromatic N) is 2. The van der Waals surface area contributed by atoms with Gasteiger partial charge in [-0.2, -0.15) is 0 Å². The molecule has 1 fully saturated rings. The van der Waals surface area contributed by atoms with Crippen molar-refractivity contribution >= 4 is 34.0 Å². The lowest BCUT2D eigenvalue weighted by Gasteiger charge is -2.29. The summed E-state index contributed by atoms with van der Waals surface area (Å²) in [6.07, 6.45) is 5.12. The normalized spacial score (nSPS) is 17.5. The molecule has 5 rings (SSSR count). The van der Waals surface area contributed by atoms with Gasteiger partial charge in [0.25, 0.3) is 0 Å². The zero-order chi connectivity index (χ0) is 24.0. The number of fused-ring (bicyclic) bond motifs is 1. The summed E-state index contributed by atoms with van der Waals surface area (Å²) >= 11 is 0. The Balaban J connectivity index is 1.24. The molecule has 4 aromatic rings. The molecule has 2 amide bonds. The van der Waals surface area contributed by atoms with Gasteiger partial charge in [-0.15, -0.1) is 0 Å². The third-order valence-corrected chi connectivity index (χ3v) is 6.04. The van der Waals surface area contributed by atoms with E-state index in [-0.39, 0.29) is 18.2 Å². The van der Waals surface area contributed by atoms with Crippen LogP contribution in [0.5, 0.6) is 11.6 Å².